The van der Waals surface area contributed by atoms with Crippen LogP contribution in [0.4, 0.5) is 10.1 Å². The third kappa shape index (κ3) is 5.81. The smallest absolute Gasteiger partial charge is 0.306 e. The lowest BCUT2D eigenvalue weighted by atomic mass is 10.1. The number of hydrogen-bond donors (Lipinski definition) is 1. The summed E-state index contributed by atoms with van der Waals surface area (Å²) in [5.41, 5.74) is 2.90. The second kappa shape index (κ2) is 8.89. The van der Waals surface area contributed by atoms with Gasteiger partial charge in [0.2, 0.25) is 0 Å². The molecule has 0 atom stereocenters. The lowest BCUT2D eigenvalue weighted by Crippen LogP contribution is -2.21. The number of amides is 1. The van der Waals surface area contributed by atoms with E-state index in [0.717, 1.165) is 11.1 Å². The van der Waals surface area contributed by atoms with Crippen LogP contribution in [0, 0.1) is 19.7 Å². The number of rotatable bonds is 7. The molecule has 0 spiro atoms. The van der Waals surface area contributed by atoms with Crippen LogP contribution >= 0.6 is 0 Å². The van der Waals surface area contributed by atoms with E-state index < -0.39 is 24.3 Å². The highest BCUT2D eigenvalue weighted by molar-refractivity contribution is 5.98. The van der Waals surface area contributed by atoms with Crippen LogP contribution in [0.25, 0.3) is 0 Å². The minimum Gasteiger partial charge on any atom is -0.456 e. The van der Waals surface area contributed by atoms with E-state index in [2.05, 4.69) is 5.32 Å². The highest BCUT2D eigenvalue weighted by atomic mass is 19.1. The van der Waals surface area contributed by atoms with Gasteiger partial charge in [-0.1, -0.05) is 12.1 Å². The molecule has 1 amide bonds. The number of nitrogens with one attached hydrogen (secondary N) is 1. The molecule has 2 aromatic rings. The largest absolute Gasteiger partial charge is 0.456 e. The molecule has 0 aliphatic rings. The number of hydrogen-bond acceptors (Lipinski definition) is 4. The summed E-state index contributed by atoms with van der Waals surface area (Å²) in [7, 11) is 0. The first-order valence-corrected chi connectivity index (χ1v) is 8.16. The molecule has 0 aliphatic carbocycles. The summed E-state index contributed by atoms with van der Waals surface area (Å²) in [6, 6.07) is 10.7. The summed E-state index contributed by atoms with van der Waals surface area (Å²) < 4.78 is 17.7. The Balaban J connectivity index is 1.75. The minimum atomic E-state index is -0.642. The summed E-state index contributed by atoms with van der Waals surface area (Å²) in [6.45, 7) is 3.35. The van der Waals surface area contributed by atoms with Crippen molar-refractivity contribution in [3.05, 3.63) is 65.0 Å². The highest BCUT2D eigenvalue weighted by Crippen LogP contribution is 2.16. The number of benzene rings is 2. The van der Waals surface area contributed by atoms with Crippen LogP contribution in [0.5, 0.6) is 0 Å². The van der Waals surface area contributed by atoms with Crippen molar-refractivity contribution in [2.45, 2.75) is 26.7 Å². The lowest BCUT2D eigenvalue weighted by Gasteiger charge is -2.09. The van der Waals surface area contributed by atoms with Gasteiger partial charge < -0.3 is 10.1 Å². The van der Waals surface area contributed by atoms with Crippen LogP contribution < -0.4 is 5.32 Å². The van der Waals surface area contributed by atoms with Gasteiger partial charge in [-0.15, -0.1) is 0 Å². The standard InChI is InChI=1S/C20H20FNO4/c1-13-3-4-14(2)17(11-13)22-19(24)12-26-20(25)10-9-18(23)15-5-7-16(21)8-6-15/h3-8,11H,9-10,12H2,1-2H3,(H,22,24). The molecule has 0 saturated carbocycles. The number of anilines is 1. The van der Waals surface area contributed by atoms with Crippen molar-refractivity contribution in [2.75, 3.05) is 11.9 Å². The Kier molecular flexibility index (Phi) is 6.60. The molecule has 0 unspecified atom stereocenters. The molecule has 0 aliphatic heterocycles. The first-order chi connectivity index (χ1) is 12.3. The molecule has 2 aromatic carbocycles. The Labute approximate surface area is 151 Å². The zero-order valence-electron chi connectivity index (χ0n) is 14.7. The van der Waals surface area contributed by atoms with Gasteiger partial charge in [-0.25, -0.2) is 4.39 Å². The second-order valence-electron chi connectivity index (χ2n) is 5.96. The summed E-state index contributed by atoms with van der Waals surface area (Å²) >= 11 is 0. The average Bonchev–Trinajstić information content (AvgIpc) is 2.61. The molecular formula is C20H20FNO4. The Morgan fingerprint density at radius 3 is 2.38 bits per heavy atom. The van der Waals surface area contributed by atoms with E-state index in [1.54, 1.807) is 0 Å². The van der Waals surface area contributed by atoms with Crippen LogP contribution in [0.1, 0.15) is 34.3 Å². The molecule has 6 heteroatoms. The van der Waals surface area contributed by atoms with Crippen molar-refractivity contribution in [1.82, 2.24) is 0 Å². The molecule has 0 fully saturated rings. The summed E-state index contributed by atoms with van der Waals surface area (Å²) in [5, 5.41) is 2.68. The molecule has 136 valence electrons. The van der Waals surface area contributed by atoms with E-state index in [4.69, 9.17) is 4.74 Å². The van der Waals surface area contributed by atoms with Gasteiger partial charge in [0.05, 0.1) is 6.42 Å². The number of ketones is 1. The van der Waals surface area contributed by atoms with Crippen LogP contribution in [-0.4, -0.2) is 24.3 Å². The zero-order valence-corrected chi connectivity index (χ0v) is 14.7. The van der Waals surface area contributed by atoms with Crippen LogP contribution in [-0.2, 0) is 14.3 Å². The summed E-state index contributed by atoms with van der Waals surface area (Å²) in [4.78, 5) is 35.5. The third-order valence-corrected chi connectivity index (χ3v) is 3.75. The molecule has 2 rings (SSSR count). The van der Waals surface area contributed by atoms with Crippen molar-refractivity contribution < 1.29 is 23.5 Å². The Hall–Kier alpha value is -3.02. The van der Waals surface area contributed by atoms with Crippen molar-refractivity contribution >= 4 is 23.3 Å². The predicted molar refractivity (Wildman–Crippen MR) is 95.5 cm³/mol. The first kappa shape index (κ1) is 19.3. The number of Topliss-reactive ketones (excluding diaryl/α,β-unsaturated/α-hetero) is 1. The number of carbonyl (C=O) groups is 3. The quantitative estimate of drug-likeness (QED) is 0.607. The topological polar surface area (TPSA) is 72.5 Å². The van der Waals surface area contributed by atoms with E-state index in [-0.39, 0.29) is 18.6 Å². The number of esters is 1. The fourth-order valence-corrected chi connectivity index (χ4v) is 2.27. The summed E-state index contributed by atoms with van der Waals surface area (Å²) in [6.07, 6.45) is -0.212. The van der Waals surface area contributed by atoms with E-state index in [1.807, 2.05) is 32.0 Å². The van der Waals surface area contributed by atoms with Gasteiger partial charge in [0.1, 0.15) is 5.82 Å². The van der Waals surface area contributed by atoms with Crippen LogP contribution in [0.2, 0.25) is 0 Å². The number of aryl methyl sites for hydroxylation is 2. The fraction of sp³-hybridized carbons (Fsp3) is 0.250. The third-order valence-electron chi connectivity index (χ3n) is 3.75. The molecule has 0 radical (unpaired) electrons. The number of halogens is 1. The molecular weight excluding hydrogens is 337 g/mol. The average molecular weight is 357 g/mol. The Morgan fingerprint density at radius 2 is 1.69 bits per heavy atom. The lowest BCUT2D eigenvalue weighted by molar-refractivity contribution is -0.147. The molecule has 5 nitrogen and oxygen atoms in total. The fourth-order valence-electron chi connectivity index (χ4n) is 2.27. The molecule has 0 saturated heterocycles. The number of ether oxygens (including phenoxy) is 1. The van der Waals surface area contributed by atoms with Crippen molar-refractivity contribution in [1.29, 1.82) is 0 Å². The van der Waals surface area contributed by atoms with Crippen molar-refractivity contribution in [3.8, 4) is 0 Å². The Morgan fingerprint density at radius 1 is 1.00 bits per heavy atom. The highest BCUT2D eigenvalue weighted by Gasteiger charge is 2.12. The van der Waals surface area contributed by atoms with Gasteiger partial charge in [-0.2, -0.15) is 0 Å². The van der Waals surface area contributed by atoms with Gasteiger partial charge in [-0.3, -0.25) is 14.4 Å². The maximum Gasteiger partial charge on any atom is 0.306 e. The predicted octanol–water partition coefficient (Wildman–Crippen LogP) is 3.59. The second-order valence-corrected chi connectivity index (χ2v) is 5.96. The SMILES string of the molecule is Cc1ccc(C)c(NC(=O)COC(=O)CCC(=O)c2ccc(F)cc2)c1. The number of carbonyl (C=O) groups excluding carboxylic acids is 3. The molecule has 0 bridgehead atoms. The Bertz CT molecular complexity index is 815. The maximum absolute atomic E-state index is 12.8. The van der Waals surface area contributed by atoms with Gasteiger partial charge in [0.25, 0.3) is 5.91 Å². The van der Waals surface area contributed by atoms with Gasteiger partial charge in [0, 0.05) is 17.7 Å². The molecule has 0 aromatic heterocycles. The monoisotopic (exact) mass is 357 g/mol. The molecule has 0 heterocycles. The van der Waals surface area contributed by atoms with E-state index in [1.165, 1.54) is 24.3 Å². The van der Waals surface area contributed by atoms with Crippen LogP contribution in [0.15, 0.2) is 42.5 Å². The zero-order chi connectivity index (χ0) is 19.1. The van der Waals surface area contributed by atoms with Crippen molar-refractivity contribution in [3.63, 3.8) is 0 Å². The van der Waals surface area contributed by atoms with Crippen molar-refractivity contribution in [2.24, 2.45) is 0 Å². The maximum atomic E-state index is 12.8. The first-order valence-electron chi connectivity index (χ1n) is 8.16. The summed E-state index contributed by atoms with van der Waals surface area (Å²) in [5.74, 6) is -1.81. The normalized spacial score (nSPS) is 10.3. The van der Waals surface area contributed by atoms with Gasteiger partial charge >= 0.3 is 5.97 Å². The minimum absolute atomic E-state index is 0.0664. The van der Waals surface area contributed by atoms with Gasteiger partial charge in [0.15, 0.2) is 12.4 Å². The van der Waals surface area contributed by atoms with Crippen LogP contribution in [0.3, 0.4) is 0 Å². The van der Waals surface area contributed by atoms with E-state index in [9.17, 15) is 18.8 Å². The molecule has 1 N–H and O–H groups in total. The molecule has 26 heavy (non-hydrogen) atoms. The van der Waals surface area contributed by atoms with E-state index >= 15 is 0 Å². The van der Waals surface area contributed by atoms with Gasteiger partial charge in [-0.05, 0) is 55.3 Å². The van der Waals surface area contributed by atoms with E-state index in [0.29, 0.717) is 11.3 Å².